The number of nitrogens with two attached hydrogens (primary N) is 1. The average molecular weight is 263 g/mol. The van der Waals surface area contributed by atoms with Gasteiger partial charge in [-0.3, -0.25) is 14.9 Å². The molecule has 0 radical (unpaired) electrons. The van der Waals surface area contributed by atoms with Crippen LogP contribution in [0.25, 0.3) is 0 Å². The van der Waals surface area contributed by atoms with Crippen LogP contribution in [0.1, 0.15) is 17.5 Å². The van der Waals surface area contributed by atoms with E-state index in [1.165, 1.54) is 11.0 Å². The summed E-state index contributed by atoms with van der Waals surface area (Å²) in [7, 11) is 0. The SMILES string of the molecule is Cc1ccc([N+](=O)[O-])c(N2CC(CN)CC2=O)c1C. The highest BCUT2D eigenvalue weighted by Gasteiger charge is 2.34. The highest BCUT2D eigenvalue weighted by molar-refractivity contribution is 5.99. The molecule has 1 amide bonds. The molecular weight excluding hydrogens is 246 g/mol. The van der Waals surface area contributed by atoms with Crippen LogP contribution in [0.4, 0.5) is 11.4 Å². The van der Waals surface area contributed by atoms with E-state index in [4.69, 9.17) is 5.73 Å². The summed E-state index contributed by atoms with van der Waals surface area (Å²) in [5.41, 5.74) is 7.71. The quantitative estimate of drug-likeness (QED) is 0.661. The Kier molecular flexibility index (Phi) is 3.53. The molecule has 0 aromatic heterocycles. The number of benzene rings is 1. The van der Waals surface area contributed by atoms with Crippen LogP contribution < -0.4 is 10.6 Å². The standard InChI is InChI=1S/C13H17N3O3/c1-8-3-4-11(16(18)19)13(9(8)2)15-7-10(6-14)5-12(15)17/h3-4,10H,5-7,14H2,1-2H3. The summed E-state index contributed by atoms with van der Waals surface area (Å²) < 4.78 is 0. The number of anilines is 1. The van der Waals surface area contributed by atoms with Crippen LogP contribution in [-0.4, -0.2) is 23.9 Å². The number of hydrogen-bond donors (Lipinski definition) is 1. The zero-order valence-corrected chi connectivity index (χ0v) is 11.0. The third-order valence-corrected chi connectivity index (χ3v) is 3.69. The molecule has 1 heterocycles. The number of carbonyl (C=O) groups excluding carboxylic acids is 1. The van der Waals surface area contributed by atoms with Crippen LogP contribution in [0.5, 0.6) is 0 Å². The highest BCUT2D eigenvalue weighted by Crippen LogP contribution is 2.36. The first-order valence-electron chi connectivity index (χ1n) is 6.20. The average Bonchev–Trinajstić information content (AvgIpc) is 2.73. The van der Waals surface area contributed by atoms with E-state index in [0.29, 0.717) is 25.2 Å². The molecule has 6 nitrogen and oxygen atoms in total. The van der Waals surface area contributed by atoms with E-state index in [9.17, 15) is 14.9 Å². The first-order chi connectivity index (χ1) is 8.95. The van der Waals surface area contributed by atoms with Crippen molar-refractivity contribution in [1.29, 1.82) is 0 Å². The maximum absolute atomic E-state index is 12.0. The van der Waals surface area contributed by atoms with E-state index in [0.717, 1.165) is 11.1 Å². The molecule has 0 bridgehead atoms. The molecular formula is C13H17N3O3. The molecule has 1 aromatic carbocycles. The molecule has 1 atom stereocenters. The van der Waals surface area contributed by atoms with Gasteiger partial charge < -0.3 is 10.6 Å². The summed E-state index contributed by atoms with van der Waals surface area (Å²) in [6.07, 6.45) is 0.362. The predicted octanol–water partition coefficient (Wildman–Crippen LogP) is 1.52. The van der Waals surface area contributed by atoms with Gasteiger partial charge in [-0.15, -0.1) is 0 Å². The Hall–Kier alpha value is -1.95. The number of hydrogen-bond acceptors (Lipinski definition) is 4. The molecule has 19 heavy (non-hydrogen) atoms. The molecule has 0 aliphatic carbocycles. The number of carbonyl (C=O) groups is 1. The Labute approximate surface area is 111 Å². The molecule has 6 heteroatoms. The van der Waals surface area contributed by atoms with Crippen LogP contribution in [0, 0.1) is 29.9 Å². The number of nitrogens with zero attached hydrogens (tertiary/aromatic N) is 2. The zero-order chi connectivity index (χ0) is 14.2. The molecule has 102 valence electrons. The maximum Gasteiger partial charge on any atom is 0.293 e. The van der Waals surface area contributed by atoms with Crippen molar-refractivity contribution < 1.29 is 9.72 Å². The lowest BCUT2D eigenvalue weighted by Gasteiger charge is -2.20. The summed E-state index contributed by atoms with van der Waals surface area (Å²) in [5.74, 6) is -0.0146. The van der Waals surface area contributed by atoms with Crippen molar-refractivity contribution in [3.8, 4) is 0 Å². The predicted molar refractivity (Wildman–Crippen MR) is 72.1 cm³/mol. The van der Waals surface area contributed by atoms with Crippen LogP contribution in [0.15, 0.2) is 12.1 Å². The molecule has 0 saturated carbocycles. The Balaban J connectivity index is 2.52. The molecule has 1 aromatic rings. The zero-order valence-electron chi connectivity index (χ0n) is 11.0. The van der Waals surface area contributed by atoms with E-state index in [1.54, 1.807) is 13.0 Å². The molecule has 2 rings (SSSR count). The molecule has 2 N–H and O–H groups in total. The van der Waals surface area contributed by atoms with Crippen molar-refractivity contribution in [3.05, 3.63) is 33.4 Å². The monoisotopic (exact) mass is 263 g/mol. The van der Waals surface area contributed by atoms with Crippen molar-refractivity contribution >= 4 is 17.3 Å². The molecule has 1 aliphatic heterocycles. The van der Waals surface area contributed by atoms with E-state index < -0.39 is 4.92 Å². The lowest BCUT2D eigenvalue weighted by atomic mass is 10.1. The van der Waals surface area contributed by atoms with Gasteiger partial charge in [0.25, 0.3) is 5.69 Å². The van der Waals surface area contributed by atoms with Crippen molar-refractivity contribution in [2.75, 3.05) is 18.0 Å². The molecule has 1 aliphatic rings. The first kappa shape index (κ1) is 13.5. The van der Waals surface area contributed by atoms with Crippen molar-refractivity contribution in [2.45, 2.75) is 20.3 Å². The van der Waals surface area contributed by atoms with Crippen molar-refractivity contribution in [1.82, 2.24) is 0 Å². The maximum atomic E-state index is 12.0. The van der Waals surface area contributed by atoms with Gasteiger partial charge in [-0.05, 0) is 37.4 Å². The third kappa shape index (κ3) is 2.31. The second-order valence-corrected chi connectivity index (χ2v) is 4.94. The lowest BCUT2D eigenvalue weighted by molar-refractivity contribution is -0.384. The van der Waals surface area contributed by atoms with E-state index in [-0.39, 0.29) is 17.5 Å². The number of nitro benzene ring substituents is 1. The van der Waals surface area contributed by atoms with Gasteiger partial charge in [0, 0.05) is 19.0 Å². The summed E-state index contributed by atoms with van der Waals surface area (Å²) >= 11 is 0. The third-order valence-electron chi connectivity index (χ3n) is 3.69. The fourth-order valence-electron chi connectivity index (χ4n) is 2.43. The minimum absolute atomic E-state index is 0.0193. The Morgan fingerprint density at radius 2 is 2.16 bits per heavy atom. The first-order valence-corrected chi connectivity index (χ1v) is 6.20. The number of amides is 1. The van der Waals surface area contributed by atoms with Gasteiger partial charge in [-0.1, -0.05) is 6.07 Å². The summed E-state index contributed by atoms with van der Waals surface area (Å²) in [5, 5.41) is 11.1. The summed E-state index contributed by atoms with van der Waals surface area (Å²) in [4.78, 5) is 24.2. The Morgan fingerprint density at radius 1 is 1.47 bits per heavy atom. The molecule has 1 unspecified atom stereocenters. The van der Waals surface area contributed by atoms with Gasteiger partial charge in [0.15, 0.2) is 0 Å². The van der Waals surface area contributed by atoms with Gasteiger partial charge in [-0.25, -0.2) is 0 Å². The van der Waals surface area contributed by atoms with Gasteiger partial charge in [-0.2, -0.15) is 0 Å². The van der Waals surface area contributed by atoms with E-state index >= 15 is 0 Å². The fourth-order valence-corrected chi connectivity index (χ4v) is 2.43. The minimum Gasteiger partial charge on any atom is -0.330 e. The highest BCUT2D eigenvalue weighted by atomic mass is 16.6. The van der Waals surface area contributed by atoms with Crippen LogP contribution >= 0.6 is 0 Å². The largest absolute Gasteiger partial charge is 0.330 e. The Morgan fingerprint density at radius 3 is 2.68 bits per heavy atom. The topological polar surface area (TPSA) is 89.5 Å². The van der Waals surface area contributed by atoms with Crippen LogP contribution in [0.2, 0.25) is 0 Å². The van der Waals surface area contributed by atoms with Crippen molar-refractivity contribution in [2.24, 2.45) is 11.7 Å². The molecule has 1 fully saturated rings. The molecule has 1 saturated heterocycles. The Bertz CT molecular complexity index is 542. The van der Waals surface area contributed by atoms with E-state index in [1.807, 2.05) is 6.92 Å². The minimum atomic E-state index is -0.440. The van der Waals surface area contributed by atoms with Crippen LogP contribution in [0.3, 0.4) is 0 Å². The summed E-state index contributed by atoms with van der Waals surface area (Å²) in [6.45, 7) is 4.56. The number of nitro groups is 1. The number of aryl methyl sites for hydroxylation is 1. The molecule has 0 spiro atoms. The second kappa shape index (κ2) is 4.97. The van der Waals surface area contributed by atoms with Crippen LogP contribution in [-0.2, 0) is 4.79 Å². The smallest absolute Gasteiger partial charge is 0.293 e. The normalized spacial score (nSPS) is 19.0. The van der Waals surface area contributed by atoms with Crippen molar-refractivity contribution in [3.63, 3.8) is 0 Å². The van der Waals surface area contributed by atoms with Gasteiger partial charge in [0.05, 0.1) is 4.92 Å². The lowest BCUT2D eigenvalue weighted by Crippen LogP contribution is -2.27. The second-order valence-electron chi connectivity index (χ2n) is 4.94. The summed E-state index contributed by atoms with van der Waals surface area (Å²) in [6, 6.07) is 3.17. The number of rotatable bonds is 3. The van der Waals surface area contributed by atoms with Gasteiger partial charge in [0.1, 0.15) is 5.69 Å². The van der Waals surface area contributed by atoms with Gasteiger partial charge in [0.2, 0.25) is 5.91 Å². The van der Waals surface area contributed by atoms with Gasteiger partial charge >= 0.3 is 0 Å². The van der Waals surface area contributed by atoms with E-state index in [2.05, 4.69) is 0 Å². The fraction of sp³-hybridized carbons (Fsp3) is 0.462.